The van der Waals surface area contributed by atoms with Crippen molar-refractivity contribution in [2.45, 2.75) is 38.8 Å². The van der Waals surface area contributed by atoms with E-state index in [1.54, 1.807) is 0 Å². The first-order valence-corrected chi connectivity index (χ1v) is 7.46. The molecule has 2 heteroatoms. The van der Waals surface area contributed by atoms with Crippen molar-refractivity contribution >= 4 is 0 Å². The molecule has 0 heterocycles. The Morgan fingerprint density at radius 2 is 1.95 bits per heavy atom. The molecule has 0 amide bonds. The number of benzene rings is 1. The molecule has 104 valence electrons. The predicted octanol–water partition coefficient (Wildman–Crippen LogP) is 2.99. The van der Waals surface area contributed by atoms with E-state index in [1.807, 2.05) is 6.08 Å². The Morgan fingerprint density at radius 1 is 1.26 bits per heavy atom. The first-order chi connectivity index (χ1) is 9.31. The van der Waals surface area contributed by atoms with Crippen LogP contribution in [0.2, 0.25) is 0 Å². The van der Waals surface area contributed by atoms with E-state index in [2.05, 4.69) is 48.0 Å². The summed E-state index contributed by atoms with van der Waals surface area (Å²) in [4.78, 5) is 2.39. The van der Waals surface area contributed by atoms with Gasteiger partial charge in [-0.3, -0.25) is 4.90 Å². The summed E-state index contributed by atoms with van der Waals surface area (Å²) in [6, 6.07) is 9.88. The van der Waals surface area contributed by atoms with Crippen LogP contribution in [0.3, 0.4) is 0 Å². The molecule has 0 atom stereocenters. The minimum absolute atomic E-state index is 0.816. The second-order valence-corrected chi connectivity index (χ2v) is 5.41. The van der Waals surface area contributed by atoms with E-state index < -0.39 is 0 Å². The number of nitrogens with zero attached hydrogens (tertiary/aromatic N) is 1. The Balaban J connectivity index is 1.77. The Kier molecular flexibility index (Phi) is 5.62. The van der Waals surface area contributed by atoms with Crippen LogP contribution in [0.15, 0.2) is 36.9 Å². The van der Waals surface area contributed by atoms with Gasteiger partial charge in [0.2, 0.25) is 0 Å². The number of nitrogens with one attached hydrogen (secondary N) is 1. The maximum Gasteiger partial charge on any atom is 0.0236 e. The Labute approximate surface area is 117 Å². The maximum atomic E-state index is 3.81. The quantitative estimate of drug-likeness (QED) is 0.685. The molecule has 2 rings (SSSR count). The summed E-state index contributed by atoms with van der Waals surface area (Å²) >= 11 is 0. The molecule has 2 nitrogen and oxygen atoms in total. The summed E-state index contributed by atoms with van der Waals surface area (Å²) in [6.07, 6.45) is 5.85. The first kappa shape index (κ1) is 14.3. The van der Waals surface area contributed by atoms with E-state index in [1.165, 1.54) is 24.0 Å². The van der Waals surface area contributed by atoms with Gasteiger partial charge < -0.3 is 5.32 Å². The topological polar surface area (TPSA) is 15.3 Å². The van der Waals surface area contributed by atoms with Crippen LogP contribution in [0.25, 0.3) is 0 Å². The van der Waals surface area contributed by atoms with Crippen molar-refractivity contribution < 1.29 is 0 Å². The molecule has 1 aliphatic carbocycles. The summed E-state index contributed by atoms with van der Waals surface area (Å²) in [7, 11) is 0. The molecule has 0 bridgehead atoms. The highest BCUT2D eigenvalue weighted by Gasteiger charge is 2.19. The lowest BCUT2D eigenvalue weighted by Gasteiger charge is -2.18. The first-order valence-electron chi connectivity index (χ1n) is 7.46. The fourth-order valence-corrected chi connectivity index (χ4v) is 2.27. The van der Waals surface area contributed by atoms with E-state index in [-0.39, 0.29) is 0 Å². The summed E-state index contributed by atoms with van der Waals surface area (Å²) in [6.45, 7) is 10.2. The molecular weight excluding hydrogens is 232 g/mol. The summed E-state index contributed by atoms with van der Waals surface area (Å²) < 4.78 is 0. The molecule has 0 unspecified atom stereocenters. The van der Waals surface area contributed by atoms with Crippen LogP contribution in [0.1, 0.15) is 30.9 Å². The fourth-order valence-electron chi connectivity index (χ4n) is 2.27. The smallest absolute Gasteiger partial charge is 0.0236 e. The Bertz CT molecular complexity index is 379. The van der Waals surface area contributed by atoms with Gasteiger partial charge in [-0.05, 0) is 43.5 Å². The average molecular weight is 258 g/mol. The van der Waals surface area contributed by atoms with E-state index in [4.69, 9.17) is 0 Å². The van der Waals surface area contributed by atoms with E-state index in [0.717, 1.165) is 38.6 Å². The van der Waals surface area contributed by atoms with Gasteiger partial charge in [-0.1, -0.05) is 37.3 Å². The molecular formula is C17H26N2. The molecule has 1 aromatic rings. The minimum Gasteiger partial charge on any atom is -0.314 e. The monoisotopic (exact) mass is 258 g/mol. The van der Waals surface area contributed by atoms with Crippen LogP contribution >= 0.6 is 0 Å². The molecule has 0 spiro atoms. The number of rotatable bonds is 9. The zero-order valence-corrected chi connectivity index (χ0v) is 12.1. The van der Waals surface area contributed by atoms with Crippen molar-refractivity contribution in [3.8, 4) is 0 Å². The largest absolute Gasteiger partial charge is 0.314 e. The average Bonchev–Trinajstić information content (AvgIpc) is 3.24. The fraction of sp³-hybridized carbons (Fsp3) is 0.529. The lowest BCUT2D eigenvalue weighted by molar-refractivity contribution is 0.311. The Morgan fingerprint density at radius 3 is 2.53 bits per heavy atom. The van der Waals surface area contributed by atoms with Gasteiger partial charge in [0.05, 0.1) is 0 Å². The van der Waals surface area contributed by atoms with Crippen molar-refractivity contribution in [2.24, 2.45) is 0 Å². The van der Waals surface area contributed by atoms with Crippen molar-refractivity contribution in [1.82, 2.24) is 10.2 Å². The van der Waals surface area contributed by atoms with Crippen molar-refractivity contribution in [3.63, 3.8) is 0 Å². The zero-order valence-electron chi connectivity index (χ0n) is 12.1. The van der Waals surface area contributed by atoms with Gasteiger partial charge in [0.1, 0.15) is 0 Å². The van der Waals surface area contributed by atoms with Crippen LogP contribution in [0, 0.1) is 0 Å². The molecule has 1 N–H and O–H groups in total. The molecule has 1 aromatic carbocycles. The van der Waals surface area contributed by atoms with Crippen LogP contribution < -0.4 is 5.32 Å². The van der Waals surface area contributed by atoms with Crippen molar-refractivity contribution in [1.29, 1.82) is 0 Å². The van der Waals surface area contributed by atoms with Gasteiger partial charge in [0, 0.05) is 19.1 Å². The highest BCUT2D eigenvalue weighted by Crippen LogP contribution is 2.18. The number of hydrogen-bond acceptors (Lipinski definition) is 2. The van der Waals surface area contributed by atoms with E-state index >= 15 is 0 Å². The minimum atomic E-state index is 0.816. The Hall–Kier alpha value is -1.12. The SMILES string of the molecule is C=CCN(CC)Cc1ccc(CCNC2CC2)cc1. The van der Waals surface area contributed by atoms with Crippen LogP contribution in [-0.2, 0) is 13.0 Å². The molecule has 0 aromatic heterocycles. The summed E-state index contributed by atoms with van der Waals surface area (Å²) in [5.41, 5.74) is 2.83. The molecule has 0 aliphatic heterocycles. The van der Waals surface area contributed by atoms with Gasteiger partial charge in [-0.15, -0.1) is 6.58 Å². The standard InChI is InChI=1S/C17H26N2/c1-3-13-19(4-2)14-16-7-5-15(6-8-16)11-12-18-17-9-10-17/h3,5-8,17-18H,1,4,9-14H2,2H3. The second kappa shape index (κ2) is 7.46. The van der Waals surface area contributed by atoms with Gasteiger partial charge in [0.25, 0.3) is 0 Å². The lowest BCUT2D eigenvalue weighted by atomic mass is 10.1. The third-order valence-electron chi connectivity index (χ3n) is 3.69. The van der Waals surface area contributed by atoms with E-state index in [9.17, 15) is 0 Å². The van der Waals surface area contributed by atoms with Crippen molar-refractivity contribution in [2.75, 3.05) is 19.6 Å². The number of likely N-dealkylation sites (N-methyl/N-ethyl adjacent to an activating group) is 1. The second-order valence-electron chi connectivity index (χ2n) is 5.41. The maximum absolute atomic E-state index is 3.81. The molecule has 0 saturated heterocycles. The predicted molar refractivity (Wildman–Crippen MR) is 82.3 cm³/mol. The molecule has 1 saturated carbocycles. The van der Waals surface area contributed by atoms with Crippen LogP contribution in [0.4, 0.5) is 0 Å². The molecule has 0 radical (unpaired) electrons. The highest BCUT2D eigenvalue weighted by atomic mass is 15.1. The molecule has 1 fully saturated rings. The third-order valence-corrected chi connectivity index (χ3v) is 3.69. The summed E-state index contributed by atoms with van der Waals surface area (Å²) in [5, 5.41) is 3.56. The van der Waals surface area contributed by atoms with E-state index in [0.29, 0.717) is 0 Å². The molecule has 19 heavy (non-hydrogen) atoms. The normalized spacial score (nSPS) is 14.8. The van der Waals surface area contributed by atoms with Crippen LogP contribution in [-0.4, -0.2) is 30.6 Å². The summed E-state index contributed by atoms with van der Waals surface area (Å²) in [5.74, 6) is 0. The molecule has 1 aliphatic rings. The number of hydrogen-bond donors (Lipinski definition) is 1. The third kappa shape index (κ3) is 5.17. The van der Waals surface area contributed by atoms with Gasteiger partial charge in [-0.2, -0.15) is 0 Å². The zero-order chi connectivity index (χ0) is 13.5. The lowest BCUT2D eigenvalue weighted by Crippen LogP contribution is -2.22. The van der Waals surface area contributed by atoms with Gasteiger partial charge in [0.15, 0.2) is 0 Å². The van der Waals surface area contributed by atoms with Crippen molar-refractivity contribution in [3.05, 3.63) is 48.0 Å². The van der Waals surface area contributed by atoms with Crippen LogP contribution in [0.5, 0.6) is 0 Å². The van der Waals surface area contributed by atoms with Gasteiger partial charge in [-0.25, -0.2) is 0 Å². The van der Waals surface area contributed by atoms with Gasteiger partial charge >= 0.3 is 0 Å². The highest BCUT2D eigenvalue weighted by molar-refractivity contribution is 5.22.